The van der Waals surface area contributed by atoms with Crippen LogP contribution in [0.1, 0.15) is 21.1 Å². The van der Waals surface area contributed by atoms with Crippen molar-refractivity contribution in [2.75, 3.05) is 12.4 Å². The van der Waals surface area contributed by atoms with E-state index < -0.39 is 0 Å². The molecule has 2 nitrogen and oxygen atoms in total. The van der Waals surface area contributed by atoms with Gasteiger partial charge >= 0.3 is 0 Å². The molecule has 0 aliphatic heterocycles. The first kappa shape index (κ1) is 15.5. The Morgan fingerprint density at radius 3 is 2.40 bits per heavy atom. The maximum atomic E-state index is 5.19. The number of benzene rings is 1. The first-order valence-electron chi connectivity index (χ1n) is 6.74. The third kappa shape index (κ3) is 4.06. The van der Waals surface area contributed by atoms with Crippen LogP contribution in [0.4, 0.5) is 0 Å². The van der Waals surface area contributed by atoms with Crippen LogP contribution in [0.2, 0.25) is 0 Å². The number of alkyl halides is 1. The van der Waals surface area contributed by atoms with Gasteiger partial charge in [-0.1, -0.05) is 28.1 Å². The maximum absolute atomic E-state index is 5.19. The van der Waals surface area contributed by atoms with Crippen LogP contribution in [-0.2, 0) is 12.8 Å². The SMILES string of the molecule is COc1ccc(CC(CBr)Cc2nc(C)c(C)s2)cc1. The van der Waals surface area contributed by atoms with E-state index in [9.17, 15) is 0 Å². The standard InChI is InChI=1S/C16H20BrNOS/c1-11-12(2)20-16(18-11)9-14(10-17)8-13-4-6-15(19-3)7-5-13/h4-7,14H,8-10H2,1-3H3. The monoisotopic (exact) mass is 353 g/mol. The third-order valence-electron chi connectivity index (χ3n) is 3.44. The number of halogens is 1. The molecule has 2 aromatic rings. The lowest BCUT2D eigenvalue weighted by molar-refractivity contribution is 0.414. The van der Waals surface area contributed by atoms with E-state index in [1.54, 1.807) is 7.11 Å². The molecule has 0 bridgehead atoms. The largest absolute Gasteiger partial charge is 0.497 e. The lowest BCUT2D eigenvalue weighted by Crippen LogP contribution is -2.09. The van der Waals surface area contributed by atoms with Gasteiger partial charge in [-0.3, -0.25) is 0 Å². The van der Waals surface area contributed by atoms with Gasteiger partial charge in [-0.2, -0.15) is 0 Å². The van der Waals surface area contributed by atoms with Gasteiger partial charge in [-0.15, -0.1) is 11.3 Å². The Morgan fingerprint density at radius 1 is 1.20 bits per heavy atom. The van der Waals surface area contributed by atoms with Crippen molar-refractivity contribution < 1.29 is 4.74 Å². The van der Waals surface area contributed by atoms with Gasteiger partial charge in [0.15, 0.2) is 0 Å². The summed E-state index contributed by atoms with van der Waals surface area (Å²) in [5, 5.41) is 2.24. The molecule has 20 heavy (non-hydrogen) atoms. The Morgan fingerprint density at radius 2 is 1.90 bits per heavy atom. The summed E-state index contributed by atoms with van der Waals surface area (Å²) in [7, 11) is 1.70. The highest BCUT2D eigenvalue weighted by Crippen LogP contribution is 2.23. The van der Waals surface area contributed by atoms with E-state index in [1.807, 2.05) is 23.5 Å². The van der Waals surface area contributed by atoms with Gasteiger partial charge in [0.1, 0.15) is 5.75 Å². The molecule has 1 unspecified atom stereocenters. The van der Waals surface area contributed by atoms with Crippen molar-refractivity contribution in [2.24, 2.45) is 5.92 Å². The average Bonchev–Trinajstić information content (AvgIpc) is 2.77. The van der Waals surface area contributed by atoms with Crippen LogP contribution in [0.15, 0.2) is 24.3 Å². The molecule has 4 heteroatoms. The second-order valence-electron chi connectivity index (χ2n) is 5.03. The predicted molar refractivity (Wildman–Crippen MR) is 89.3 cm³/mol. The minimum absolute atomic E-state index is 0.577. The summed E-state index contributed by atoms with van der Waals surface area (Å²) in [4.78, 5) is 5.98. The molecule has 0 spiro atoms. The molecule has 0 aliphatic rings. The van der Waals surface area contributed by atoms with E-state index in [-0.39, 0.29) is 0 Å². The van der Waals surface area contributed by atoms with Crippen LogP contribution < -0.4 is 4.74 Å². The predicted octanol–water partition coefficient (Wildman–Crippen LogP) is 4.56. The van der Waals surface area contributed by atoms with Gasteiger partial charge in [0.05, 0.1) is 17.8 Å². The minimum atomic E-state index is 0.577. The number of methoxy groups -OCH3 is 1. The molecule has 1 atom stereocenters. The normalized spacial score (nSPS) is 12.4. The van der Waals surface area contributed by atoms with E-state index >= 15 is 0 Å². The fourth-order valence-corrected chi connectivity index (χ4v) is 3.66. The summed E-state index contributed by atoms with van der Waals surface area (Å²) in [5.41, 5.74) is 2.52. The first-order valence-corrected chi connectivity index (χ1v) is 8.68. The highest BCUT2D eigenvalue weighted by Gasteiger charge is 2.13. The van der Waals surface area contributed by atoms with Crippen molar-refractivity contribution in [3.8, 4) is 5.75 Å². The van der Waals surface area contributed by atoms with Crippen molar-refractivity contribution in [1.82, 2.24) is 4.98 Å². The van der Waals surface area contributed by atoms with Gasteiger partial charge in [0.25, 0.3) is 0 Å². The Labute approximate surface area is 133 Å². The van der Waals surface area contributed by atoms with Crippen molar-refractivity contribution in [1.29, 1.82) is 0 Å². The number of aryl methyl sites for hydroxylation is 2. The number of aromatic nitrogens is 1. The van der Waals surface area contributed by atoms with Gasteiger partial charge in [-0.05, 0) is 43.9 Å². The molecule has 0 fully saturated rings. The van der Waals surface area contributed by atoms with E-state index in [0.29, 0.717) is 5.92 Å². The Kier molecular flexibility index (Phi) is 5.61. The number of rotatable bonds is 6. The molecular weight excluding hydrogens is 334 g/mol. The Balaban J connectivity index is 2.00. The first-order chi connectivity index (χ1) is 9.62. The number of ether oxygens (including phenoxy) is 1. The van der Waals surface area contributed by atoms with E-state index in [1.165, 1.54) is 21.1 Å². The van der Waals surface area contributed by atoms with Crippen LogP contribution in [0.25, 0.3) is 0 Å². The molecule has 0 radical (unpaired) electrons. The number of nitrogens with zero attached hydrogens (tertiary/aromatic N) is 1. The van der Waals surface area contributed by atoms with Gasteiger partial charge in [0.2, 0.25) is 0 Å². The summed E-state index contributed by atoms with van der Waals surface area (Å²) in [6, 6.07) is 8.34. The van der Waals surface area contributed by atoms with Gasteiger partial charge < -0.3 is 4.74 Å². The molecule has 1 aromatic heterocycles. The Bertz CT molecular complexity index is 531. The molecule has 0 aliphatic carbocycles. The zero-order chi connectivity index (χ0) is 14.5. The molecule has 0 saturated heterocycles. The number of thiazole rings is 1. The number of hydrogen-bond donors (Lipinski definition) is 0. The fraction of sp³-hybridized carbons (Fsp3) is 0.438. The topological polar surface area (TPSA) is 22.1 Å². The molecule has 2 rings (SSSR count). The fourth-order valence-electron chi connectivity index (χ4n) is 2.15. The Hall–Kier alpha value is -0.870. The van der Waals surface area contributed by atoms with Crippen LogP contribution >= 0.6 is 27.3 Å². The summed E-state index contributed by atoms with van der Waals surface area (Å²) >= 11 is 5.46. The van der Waals surface area contributed by atoms with Crippen molar-refractivity contribution >= 4 is 27.3 Å². The minimum Gasteiger partial charge on any atom is -0.497 e. The molecule has 108 valence electrons. The summed E-state index contributed by atoms with van der Waals surface area (Å²) in [5.74, 6) is 1.49. The molecule has 0 amide bonds. The van der Waals surface area contributed by atoms with Crippen LogP contribution in [0.3, 0.4) is 0 Å². The zero-order valence-corrected chi connectivity index (χ0v) is 14.6. The van der Waals surface area contributed by atoms with Crippen LogP contribution in [0, 0.1) is 19.8 Å². The van der Waals surface area contributed by atoms with Crippen molar-refractivity contribution in [3.63, 3.8) is 0 Å². The second kappa shape index (κ2) is 7.23. The van der Waals surface area contributed by atoms with E-state index in [0.717, 1.165) is 23.9 Å². The molecule has 1 heterocycles. The summed E-state index contributed by atoms with van der Waals surface area (Å²) in [6.45, 7) is 4.23. The zero-order valence-electron chi connectivity index (χ0n) is 12.1. The lowest BCUT2D eigenvalue weighted by Gasteiger charge is -2.13. The smallest absolute Gasteiger partial charge is 0.118 e. The van der Waals surface area contributed by atoms with Crippen molar-refractivity contribution in [2.45, 2.75) is 26.7 Å². The van der Waals surface area contributed by atoms with Gasteiger partial charge in [0, 0.05) is 16.6 Å². The molecule has 0 saturated carbocycles. The number of hydrogen-bond acceptors (Lipinski definition) is 3. The van der Waals surface area contributed by atoms with Crippen LogP contribution in [0.5, 0.6) is 5.75 Å². The van der Waals surface area contributed by atoms with E-state index in [4.69, 9.17) is 4.74 Å². The van der Waals surface area contributed by atoms with Gasteiger partial charge in [-0.25, -0.2) is 4.98 Å². The highest BCUT2D eigenvalue weighted by atomic mass is 79.9. The van der Waals surface area contributed by atoms with Crippen LogP contribution in [-0.4, -0.2) is 17.4 Å². The second-order valence-corrected chi connectivity index (χ2v) is 6.96. The summed E-state index contributed by atoms with van der Waals surface area (Å²) < 4.78 is 5.19. The molecular formula is C16H20BrNOS. The third-order valence-corrected chi connectivity index (χ3v) is 5.45. The maximum Gasteiger partial charge on any atom is 0.118 e. The van der Waals surface area contributed by atoms with Crippen molar-refractivity contribution in [3.05, 3.63) is 45.4 Å². The average molecular weight is 354 g/mol. The molecule has 0 N–H and O–H groups in total. The summed E-state index contributed by atoms with van der Waals surface area (Å²) in [6.07, 6.45) is 2.10. The highest BCUT2D eigenvalue weighted by molar-refractivity contribution is 9.09. The lowest BCUT2D eigenvalue weighted by atomic mass is 9.98. The van der Waals surface area contributed by atoms with E-state index in [2.05, 4.69) is 46.9 Å². The quantitative estimate of drug-likeness (QED) is 0.709. The molecule has 1 aromatic carbocycles.